The second-order valence-corrected chi connectivity index (χ2v) is 6.88. The standard InChI is InChI=1S/C17H16F4N2O3S/c1-9-6-13(22-15(25)10-4-3-5-11(18)7-10)27-14(9)16(26)23(2)8-12(24)17(19,20)21/h3-7,12,24H,8H2,1-2H3,(H,22,25)/t12-/m1/s1. The lowest BCUT2D eigenvalue weighted by atomic mass is 10.2. The maximum Gasteiger partial charge on any atom is 0.416 e. The molecule has 1 aromatic heterocycles. The Morgan fingerprint density at radius 3 is 2.56 bits per heavy atom. The summed E-state index contributed by atoms with van der Waals surface area (Å²) in [4.78, 5) is 25.3. The van der Waals surface area contributed by atoms with Gasteiger partial charge in [-0.15, -0.1) is 11.3 Å². The number of aryl methyl sites for hydroxylation is 1. The molecule has 1 aromatic carbocycles. The van der Waals surface area contributed by atoms with E-state index in [-0.39, 0.29) is 15.4 Å². The van der Waals surface area contributed by atoms with Crippen molar-refractivity contribution in [2.75, 3.05) is 18.9 Å². The molecule has 0 fully saturated rings. The van der Waals surface area contributed by atoms with Crippen molar-refractivity contribution in [3.05, 3.63) is 52.2 Å². The van der Waals surface area contributed by atoms with Crippen LogP contribution in [0.15, 0.2) is 30.3 Å². The molecule has 0 radical (unpaired) electrons. The predicted molar refractivity (Wildman–Crippen MR) is 92.4 cm³/mol. The Kier molecular flexibility index (Phi) is 6.22. The Bertz CT molecular complexity index is 851. The molecule has 0 saturated carbocycles. The fraction of sp³-hybridized carbons (Fsp3) is 0.294. The molecule has 146 valence electrons. The Morgan fingerprint density at radius 2 is 1.96 bits per heavy atom. The van der Waals surface area contributed by atoms with E-state index in [0.717, 1.165) is 29.4 Å². The third kappa shape index (κ3) is 5.27. The number of rotatable bonds is 5. The minimum absolute atomic E-state index is 0.0827. The minimum atomic E-state index is -4.83. The Hall–Kier alpha value is -2.46. The average Bonchev–Trinajstić information content (AvgIpc) is 2.93. The van der Waals surface area contributed by atoms with Gasteiger partial charge in [-0.05, 0) is 36.8 Å². The molecule has 0 saturated heterocycles. The van der Waals surface area contributed by atoms with E-state index < -0.39 is 36.5 Å². The summed E-state index contributed by atoms with van der Waals surface area (Å²) >= 11 is 0.878. The number of thiophene rings is 1. The summed E-state index contributed by atoms with van der Waals surface area (Å²) in [5, 5.41) is 11.9. The van der Waals surface area contributed by atoms with Crippen LogP contribution in [0.3, 0.4) is 0 Å². The molecule has 2 amide bonds. The molecule has 0 bridgehead atoms. The van der Waals surface area contributed by atoms with Crippen LogP contribution in [-0.4, -0.2) is 47.7 Å². The van der Waals surface area contributed by atoms with Crippen LogP contribution in [0.5, 0.6) is 0 Å². The van der Waals surface area contributed by atoms with Gasteiger partial charge in [0.2, 0.25) is 0 Å². The summed E-state index contributed by atoms with van der Waals surface area (Å²) in [6, 6.07) is 6.52. The average molecular weight is 404 g/mol. The molecular weight excluding hydrogens is 388 g/mol. The normalized spacial score (nSPS) is 12.6. The van der Waals surface area contributed by atoms with E-state index in [2.05, 4.69) is 5.32 Å². The lowest BCUT2D eigenvalue weighted by Gasteiger charge is -2.22. The van der Waals surface area contributed by atoms with Crippen molar-refractivity contribution in [2.24, 2.45) is 0 Å². The van der Waals surface area contributed by atoms with Crippen molar-refractivity contribution < 1.29 is 32.3 Å². The van der Waals surface area contributed by atoms with Crippen molar-refractivity contribution in [2.45, 2.75) is 19.2 Å². The Morgan fingerprint density at radius 1 is 1.30 bits per heavy atom. The number of likely N-dealkylation sites (N-methyl/N-ethyl adjacent to an activating group) is 1. The van der Waals surface area contributed by atoms with Crippen LogP contribution in [0.2, 0.25) is 0 Å². The number of nitrogens with zero attached hydrogens (tertiary/aromatic N) is 1. The van der Waals surface area contributed by atoms with Crippen LogP contribution in [-0.2, 0) is 0 Å². The van der Waals surface area contributed by atoms with Gasteiger partial charge >= 0.3 is 6.18 Å². The zero-order valence-electron chi connectivity index (χ0n) is 14.3. The molecule has 1 atom stereocenters. The maximum absolute atomic E-state index is 13.2. The summed E-state index contributed by atoms with van der Waals surface area (Å²) in [5.41, 5.74) is 0.534. The van der Waals surface area contributed by atoms with Gasteiger partial charge in [0.25, 0.3) is 11.8 Å². The highest BCUT2D eigenvalue weighted by atomic mass is 32.1. The zero-order chi connectivity index (χ0) is 20.4. The van der Waals surface area contributed by atoms with Crippen LogP contribution in [0.1, 0.15) is 25.6 Å². The van der Waals surface area contributed by atoms with Crippen LogP contribution in [0, 0.1) is 12.7 Å². The van der Waals surface area contributed by atoms with Crippen molar-refractivity contribution >= 4 is 28.2 Å². The number of carbonyl (C=O) groups is 2. The quantitative estimate of drug-likeness (QED) is 0.750. The summed E-state index contributed by atoms with van der Waals surface area (Å²) in [7, 11) is 1.14. The molecule has 0 unspecified atom stereocenters. The first-order valence-corrected chi connectivity index (χ1v) is 8.48. The summed E-state index contributed by atoms with van der Waals surface area (Å²) in [5.74, 6) is -1.88. The van der Waals surface area contributed by atoms with Crippen LogP contribution in [0.25, 0.3) is 0 Å². The molecule has 10 heteroatoms. The number of carbonyl (C=O) groups excluding carboxylic acids is 2. The van der Waals surface area contributed by atoms with Gasteiger partial charge in [0, 0.05) is 12.6 Å². The highest BCUT2D eigenvalue weighted by Crippen LogP contribution is 2.29. The number of amides is 2. The number of hydrogen-bond donors (Lipinski definition) is 2. The highest BCUT2D eigenvalue weighted by molar-refractivity contribution is 7.18. The first-order chi connectivity index (χ1) is 12.5. The second-order valence-electron chi connectivity index (χ2n) is 5.83. The molecule has 1 heterocycles. The maximum atomic E-state index is 13.2. The number of nitrogens with one attached hydrogen (secondary N) is 1. The fourth-order valence-electron chi connectivity index (χ4n) is 2.19. The lowest BCUT2D eigenvalue weighted by Crippen LogP contribution is -2.41. The van der Waals surface area contributed by atoms with Crippen LogP contribution >= 0.6 is 11.3 Å². The monoisotopic (exact) mass is 404 g/mol. The van der Waals surface area contributed by atoms with Gasteiger partial charge in [-0.25, -0.2) is 4.39 Å². The molecular formula is C17H16F4N2O3S. The van der Waals surface area contributed by atoms with E-state index >= 15 is 0 Å². The summed E-state index contributed by atoms with van der Waals surface area (Å²) < 4.78 is 50.5. The Labute approximate surface area is 156 Å². The van der Waals surface area contributed by atoms with Crippen LogP contribution in [0.4, 0.5) is 22.6 Å². The van der Waals surface area contributed by atoms with Gasteiger partial charge in [-0.1, -0.05) is 6.07 Å². The molecule has 0 aliphatic rings. The number of alkyl halides is 3. The molecule has 2 N–H and O–H groups in total. The summed E-state index contributed by atoms with van der Waals surface area (Å²) in [6.45, 7) is 0.653. The van der Waals surface area contributed by atoms with Gasteiger partial charge in [-0.2, -0.15) is 13.2 Å². The number of hydrogen-bond acceptors (Lipinski definition) is 4. The first kappa shape index (κ1) is 20.8. The van der Waals surface area contributed by atoms with Crippen molar-refractivity contribution in [3.63, 3.8) is 0 Å². The highest BCUT2D eigenvalue weighted by Gasteiger charge is 2.39. The van der Waals surface area contributed by atoms with Gasteiger partial charge < -0.3 is 15.3 Å². The van der Waals surface area contributed by atoms with Gasteiger partial charge in [-0.3, -0.25) is 9.59 Å². The van der Waals surface area contributed by atoms with Crippen molar-refractivity contribution in [1.82, 2.24) is 4.90 Å². The second kappa shape index (κ2) is 8.05. The zero-order valence-corrected chi connectivity index (χ0v) is 15.1. The van der Waals surface area contributed by atoms with Crippen molar-refractivity contribution in [3.8, 4) is 0 Å². The predicted octanol–water partition coefficient (Wildman–Crippen LogP) is 3.44. The summed E-state index contributed by atoms with van der Waals surface area (Å²) in [6.07, 6.45) is -7.48. The van der Waals surface area contributed by atoms with E-state index in [1.165, 1.54) is 24.3 Å². The number of halogens is 4. The van der Waals surface area contributed by atoms with E-state index in [1.807, 2.05) is 0 Å². The number of aliphatic hydroxyl groups is 1. The number of anilines is 1. The van der Waals surface area contributed by atoms with Gasteiger partial charge in [0.15, 0.2) is 6.10 Å². The minimum Gasteiger partial charge on any atom is -0.382 e. The van der Waals surface area contributed by atoms with Crippen molar-refractivity contribution in [1.29, 1.82) is 0 Å². The fourth-order valence-corrected chi connectivity index (χ4v) is 3.25. The molecule has 5 nitrogen and oxygen atoms in total. The number of benzene rings is 1. The van der Waals surface area contributed by atoms with E-state index in [4.69, 9.17) is 5.11 Å². The SMILES string of the molecule is Cc1cc(NC(=O)c2cccc(F)c2)sc1C(=O)N(C)C[C@@H](O)C(F)(F)F. The molecule has 2 rings (SSSR count). The topological polar surface area (TPSA) is 69.6 Å². The molecule has 2 aromatic rings. The van der Waals surface area contributed by atoms with Gasteiger partial charge in [0.05, 0.1) is 16.4 Å². The lowest BCUT2D eigenvalue weighted by molar-refractivity contribution is -0.205. The Balaban J connectivity index is 2.11. The van der Waals surface area contributed by atoms with Gasteiger partial charge in [0.1, 0.15) is 5.82 Å². The van der Waals surface area contributed by atoms with E-state index in [1.54, 1.807) is 6.92 Å². The van der Waals surface area contributed by atoms with E-state index in [9.17, 15) is 27.2 Å². The molecule has 27 heavy (non-hydrogen) atoms. The third-order valence-corrected chi connectivity index (χ3v) is 4.75. The number of aliphatic hydroxyl groups excluding tert-OH is 1. The largest absolute Gasteiger partial charge is 0.416 e. The molecule has 0 spiro atoms. The van der Waals surface area contributed by atoms with Crippen LogP contribution < -0.4 is 5.32 Å². The molecule has 0 aliphatic carbocycles. The molecule has 0 aliphatic heterocycles. The van der Waals surface area contributed by atoms with E-state index in [0.29, 0.717) is 5.56 Å². The smallest absolute Gasteiger partial charge is 0.382 e. The third-order valence-electron chi connectivity index (χ3n) is 3.61. The first-order valence-electron chi connectivity index (χ1n) is 7.66.